The van der Waals surface area contributed by atoms with E-state index < -0.39 is 0 Å². The van der Waals surface area contributed by atoms with Crippen molar-refractivity contribution < 1.29 is 14.3 Å². The molecular weight excluding hydrogens is 392 g/mol. The van der Waals surface area contributed by atoms with E-state index in [9.17, 15) is 9.59 Å². The first kappa shape index (κ1) is 22.5. The van der Waals surface area contributed by atoms with Gasteiger partial charge in [-0.15, -0.1) is 0 Å². The number of nitrogens with one attached hydrogen (secondary N) is 3. The van der Waals surface area contributed by atoms with Crippen molar-refractivity contribution in [2.45, 2.75) is 33.2 Å². The molecule has 1 aliphatic heterocycles. The van der Waals surface area contributed by atoms with Crippen LogP contribution in [0.15, 0.2) is 42.5 Å². The lowest BCUT2D eigenvalue weighted by molar-refractivity contribution is 0.0951. The summed E-state index contributed by atoms with van der Waals surface area (Å²) in [5.74, 6) is 0.951. The summed E-state index contributed by atoms with van der Waals surface area (Å²) in [4.78, 5) is 27.4. The highest BCUT2D eigenvalue weighted by Gasteiger charge is 2.19. The number of carbonyl (C=O) groups is 2. The molecule has 1 fully saturated rings. The fraction of sp³-hybridized carbons (Fsp3) is 0.417. The molecule has 0 unspecified atom stereocenters. The van der Waals surface area contributed by atoms with Crippen molar-refractivity contribution in [3.8, 4) is 5.75 Å². The number of benzene rings is 2. The Labute approximate surface area is 184 Å². The van der Waals surface area contributed by atoms with Crippen LogP contribution in [0, 0.1) is 5.92 Å². The van der Waals surface area contributed by atoms with Gasteiger partial charge in [0.2, 0.25) is 0 Å². The summed E-state index contributed by atoms with van der Waals surface area (Å²) in [5.41, 5.74) is 3.09. The summed E-state index contributed by atoms with van der Waals surface area (Å²) < 4.78 is 5.16. The van der Waals surface area contributed by atoms with Gasteiger partial charge in [0.05, 0.1) is 18.5 Å². The van der Waals surface area contributed by atoms with Gasteiger partial charge in [0.1, 0.15) is 5.75 Å². The summed E-state index contributed by atoms with van der Waals surface area (Å²) in [6.07, 6.45) is 2.26. The van der Waals surface area contributed by atoms with Crippen LogP contribution in [0.4, 0.5) is 16.2 Å². The van der Waals surface area contributed by atoms with Crippen LogP contribution in [0.1, 0.15) is 42.6 Å². The number of hydrogen-bond acceptors (Lipinski definition) is 4. The van der Waals surface area contributed by atoms with E-state index >= 15 is 0 Å². The largest absolute Gasteiger partial charge is 0.497 e. The third kappa shape index (κ3) is 6.38. The number of urea groups is 1. The summed E-state index contributed by atoms with van der Waals surface area (Å²) in [7, 11) is 1.62. The van der Waals surface area contributed by atoms with Crippen LogP contribution in [0.2, 0.25) is 0 Å². The summed E-state index contributed by atoms with van der Waals surface area (Å²) in [6, 6.07) is 12.8. The fourth-order valence-corrected chi connectivity index (χ4v) is 3.50. The number of amides is 3. The van der Waals surface area contributed by atoms with Crippen LogP contribution in [0.3, 0.4) is 0 Å². The standard InChI is InChI=1S/C24H32N4O3/c1-17(2)15-26-24(30)27-21-14-19(8-11-22(21)28-12-4-5-13-28)23(29)25-16-18-6-9-20(31-3)10-7-18/h6-11,14,17H,4-5,12-13,15-16H2,1-3H3,(H,25,29)(H2,26,27,30). The predicted molar refractivity (Wildman–Crippen MR) is 124 cm³/mol. The molecule has 3 amide bonds. The van der Waals surface area contributed by atoms with Crippen molar-refractivity contribution in [3.63, 3.8) is 0 Å². The van der Waals surface area contributed by atoms with Gasteiger partial charge in [-0.05, 0) is 54.7 Å². The van der Waals surface area contributed by atoms with E-state index in [-0.39, 0.29) is 11.9 Å². The van der Waals surface area contributed by atoms with Gasteiger partial charge in [-0.25, -0.2) is 4.79 Å². The molecule has 31 heavy (non-hydrogen) atoms. The lowest BCUT2D eigenvalue weighted by Crippen LogP contribution is -2.32. The van der Waals surface area contributed by atoms with Gasteiger partial charge < -0.3 is 25.6 Å². The van der Waals surface area contributed by atoms with Crippen molar-refractivity contribution in [1.82, 2.24) is 10.6 Å². The Morgan fingerprint density at radius 1 is 1.03 bits per heavy atom. The van der Waals surface area contributed by atoms with E-state index in [0.717, 1.165) is 42.9 Å². The zero-order valence-electron chi connectivity index (χ0n) is 18.5. The first-order valence-corrected chi connectivity index (χ1v) is 10.8. The second-order valence-corrected chi connectivity index (χ2v) is 8.19. The van der Waals surface area contributed by atoms with Crippen molar-refractivity contribution in [2.75, 3.05) is 37.0 Å². The van der Waals surface area contributed by atoms with Crippen LogP contribution in [-0.4, -0.2) is 38.7 Å². The zero-order valence-corrected chi connectivity index (χ0v) is 18.5. The van der Waals surface area contributed by atoms with Gasteiger partial charge >= 0.3 is 6.03 Å². The smallest absolute Gasteiger partial charge is 0.319 e. The molecule has 0 bridgehead atoms. The number of methoxy groups -OCH3 is 1. The molecule has 0 saturated carbocycles. The minimum Gasteiger partial charge on any atom is -0.497 e. The van der Waals surface area contributed by atoms with E-state index in [0.29, 0.717) is 30.3 Å². The van der Waals surface area contributed by atoms with E-state index in [1.807, 2.05) is 50.2 Å². The molecule has 1 heterocycles. The van der Waals surface area contributed by atoms with E-state index in [1.54, 1.807) is 13.2 Å². The van der Waals surface area contributed by atoms with E-state index in [4.69, 9.17) is 4.74 Å². The Morgan fingerprint density at radius 2 is 1.74 bits per heavy atom. The van der Waals surface area contributed by atoms with Crippen LogP contribution < -0.4 is 25.6 Å². The Bertz CT molecular complexity index is 890. The summed E-state index contributed by atoms with van der Waals surface area (Å²) >= 11 is 0. The van der Waals surface area contributed by atoms with Crippen molar-refractivity contribution in [1.29, 1.82) is 0 Å². The molecule has 1 saturated heterocycles. The Hall–Kier alpha value is -3.22. The maximum atomic E-state index is 12.7. The molecular formula is C24H32N4O3. The third-order valence-electron chi connectivity index (χ3n) is 5.24. The van der Waals surface area contributed by atoms with Crippen molar-refractivity contribution >= 4 is 23.3 Å². The highest BCUT2D eigenvalue weighted by Crippen LogP contribution is 2.30. The van der Waals surface area contributed by atoms with Gasteiger partial charge in [-0.1, -0.05) is 26.0 Å². The Kier molecular flexibility index (Phi) is 7.76. The molecule has 2 aromatic carbocycles. The lowest BCUT2D eigenvalue weighted by atomic mass is 10.1. The number of ether oxygens (including phenoxy) is 1. The summed E-state index contributed by atoms with van der Waals surface area (Å²) in [6.45, 7) is 6.99. The fourth-order valence-electron chi connectivity index (χ4n) is 3.50. The summed E-state index contributed by atoms with van der Waals surface area (Å²) in [5, 5.41) is 8.75. The number of rotatable bonds is 8. The minimum absolute atomic E-state index is 0.186. The minimum atomic E-state index is -0.259. The molecule has 7 heteroatoms. The highest BCUT2D eigenvalue weighted by molar-refractivity contribution is 5.99. The number of nitrogens with zero attached hydrogens (tertiary/aromatic N) is 1. The molecule has 7 nitrogen and oxygen atoms in total. The quantitative estimate of drug-likeness (QED) is 0.598. The van der Waals surface area contributed by atoms with Gasteiger partial charge in [-0.3, -0.25) is 4.79 Å². The van der Waals surface area contributed by atoms with Crippen LogP contribution in [0.25, 0.3) is 0 Å². The van der Waals surface area contributed by atoms with Crippen LogP contribution >= 0.6 is 0 Å². The Balaban J connectivity index is 1.71. The average Bonchev–Trinajstić information content (AvgIpc) is 3.31. The van der Waals surface area contributed by atoms with Crippen LogP contribution in [0.5, 0.6) is 5.75 Å². The SMILES string of the molecule is COc1ccc(CNC(=O)c2ccc(N3CCCC3)c(NC(=O)NCC(C)C)c2)cc1. The van der Waals surface area contributed by atoms with Crippen LogP contribution in [-0.2, 0) is 6.54 Å². The predicted octanol–water partition coefficient (Wildman–Crippen LogP) is 4.00. The lowest BCUT2D eigenvalue weighted by Gasteiger charge is -2.22. The molecule has 0 aromatic heterocycles. The second kappa shape index (κ2) is 10.7. The van der Waals surface area contributed by atoms with Gasteiger partial charge in [0.15, 0.2) is 0 Å². The van der Waals surface area contributed by atoms with Crippen molar-refractivity contribution in [3.05, 3.63) is 53.6 Å². The Morgan fingerprint density at radius 3 is 2.39 bits per heavy atom. The monoisotopic (exact) mass is 424 g/mol. The maximum absolute atomic E-state index is 12.7. The topological polar surface area (TPSA) is 82.7 Å². The molecule has 3 N–H and O–H groups in total. The first-order chi connectivity index (χ1) is 15.0. The van der Waals surface area contributed by atoms with E-state index in [1.165, 1.54) is 0 Å². The second-order valence-electron chi connectivity index (χ2n) is 8.19. The zero-order chi connectivity index (χ0) is 22.2. The molecule has 2 aromatic rings. The van der Waals surface area contributed by atoms with E-state index in [2.05, 4.69) is 20.9 Å². The average molecular weight is 425 g/mol. The highest BCUT2D eigenvalue weighted by atomic mass is 16.5. The van der Waals surface area contributed by atoms with Crippen molar-refractivity contribution in [2.24, 2.45) is 5.92 Å². The molecule has 0 aliphatic carbocycles. The molecule has 3 rings (SSSR count). The third-order valence-corrected chi connectivity index (χ3v) is 5.24. The van der Waals surface area contributed by atoms with Gasteiger partial charge in [0, 0.05) is 31.7 Å². The number of carbonyl (C=O) groups excluding carboxylic acids is 2. The molecule has 1 aliphatic rings. The normalized spacial score (nSPS) is 13.2. The molecule has 166 valence electrons. The van der Waals surface area contributed by atoms with Gasteiger partial charge in [-0.2, -0.15) is 0 Å². The van der Waals surface area contributed by atoms with Gasteiger partial charge in [0.25, 0.3) is 5.91 Å². The maximum Gasteiger partial charge on any atom is 0.319 e. The first-order valence-electron chi connectivity index (χ1n) is 10.8. The molecule has 0 atom stereocenters. The molecule has 0 spiro atoms. The number of anilines is 2. The molecule has 0 radical (unpaired) electrons. The number of hydrogen-bond donors (Lipinski definition) is 3.